The van der Waals surface area contributed by atoms with Gasteiger partial charge in [0.25, 0.3) is 5.56 Å². The molecule has 2 aromatic rings. The lowest BCUT2D eigenvalue weighted by Crippen LogP contribution is -2.22. The smallest absolute Gasteiger partial charge is 0.261 e. The number of benzene rings is 1. The van der Waals surface area contributed by atoms with Crippen molar-refractivity contribution in [2.45, 2.75) is 19.9 Å². The lowest BCUT2D eigenvalue weighted by atomic mass is 10.1. The van der Waals surface area contributed by atoms with Crippen LogP contribution in [-0.4, -0.2) is 16.1 Å². The van der Waals surface area contributed by atoms with Gasteiger partial charge in [-0.3, -0.25) is 9.36 Å². The van der Waals surface area contributed by atoms with Gasteiger partial charge in [-0.15, -0.1) is 0 Å². The van der Waals surface area contributed by atoms with Gasteiger partial charge in [-0.1, -0.05) is 12.1 Å². The molecule has 0 aliphatic rings. The first-order valence-electron chi connectivity index (χ1n) is 5.39. The van der Waals surface area contributed by atoms with E-state index in [0.717, 1.165) is 17.5 Å². The normalized spacial score (nSPS) is 10.9. The molecule has 0 radical (unpaired) electrons. The Morgan fingerprint density at radius 1 is 1.44 bits per heavy atom. The van der Waals surface area contributed by atoms with Crippen LogP contribution in [0.4, 0.5) is 0 Å². The van der Waals surface area contributed by atoms with Gasteiger partial charge in [-0.2, -0.15) is 0 Å². The Morgan fingerprint density at radius 2 is 2.25 bits per heavy atom. The Balaban J connectivity index is 2.57. The van der Waals surface area contributed by atoms with E-state index in [-0.39, 0.29) is 5.56 Å². The molecule has 0 unspecified atom stereocenters. The molecule has 0 atom stereocenters. The maximum absolute atomic E-state index is 12.1. The van der Waals surface area contributed by atoms with Crippen LogP contribution in [0.1, 0.15) is 12.0 Å². The van der Waals surface area contributed by atoms with Crippen LogP contribution in [0.15, 0.2) is 29.3 Å². The van der Waals surface area contributed by atoms with Crippen molar-refractivity contribution < 1.29 is 0 Å². The zero-order valence-electron chi connectivity index (χ0n) is 9.31. The topological polar surface area (TPSA) is 60.9 Å². The molecule has 0 bridgehead atoms. The van der Waals surface area contributed by atoms with E-state index in [1.807, 2.05) is 25.1 Å². The Bertz CT molecular complexity index is 560. The van der Waals surface area contributed by atoms with Crippen molar-refractivity contribution in [1.82, 2.24) is 9.55 Å². The lowest BCUT2D eigenvalue weighted by Gasteiger charge is -2.06. The number of fused-ring (bicyclic) bond motifs is 1. The molecule has 0 amide bonds. The van der Waals surface area contributed by atoms with Crippen LogP contribution >= 0.6 is 0 Å². The molecule has 2 N–H and O–H groups in total. The molecule has 0 saturated carbocycles. The van der Waals surface area contributed by atoms with Crippen molar-refractivity contribution >= 4 is 10.9 Å². The molecule has 1 aromatic carbocycles. The first-order chi connectivity index (χ1) is 7.74. The summed E-state index contributed by atoms with van der Waals surface area (Å²) in [6, 6.07) is 5.66. The molecule has 0 saturated heterocycles. The van der Waals surface area contributed by atoms with Crippen LogP contribution in [0.3, 0.4) is 0 Å². The molecule has 1 heterocycles. The molecular weight excluding hydrogens is 202 g/mol. The van der Waals surface area contributed by atoms with Crippen LogP contribution in [0.25, 0.3) is 10.9 Å². The predicted octanol–water partition coefficient (Wildman–Crippen LogP) is 1.05. The molecule has 0 aliphatic carbocycles. The molecule has 84 valence electrons. The minimum Gasteiger partial charge on any atom is -0.330 e. The molecule has 1 aromatic heterocycles. The average molecular weight is 217 g/mol. The third kappa shape index (κ3) is 1.84. The molecule has 0 spiro atoms. The second kappa shape index (κ2) is 4.45. The van der Waals surface area contributed by atoms with Crippen molar-refractivity contribution in [3.63, 3.8) is 0 Å². The molecule has 2 rings (SSSR count). The van der Waals surface area contributed by atoms with Gasteiger partial charge < -0.3 is 5.73 Å². The van der Waals surface area contributed by atoms with Gasteiger partial charge in [0.2, 0.25) is 0 Å². The van der Waals surface area contributed by atoms with Crippen LogP contribution < -0.4 is 11.3 Å². The first-order valence-corrected chi connectivity index (χ1v) is 5.39. The van der Waals surface area contributed by atoms with Crippen molar-refractivity contribution in [2.24, 2.45) is 5.73 Å². The van der Waals surface area contributed by atoms with E-state index in [1.165, 1.54) is 0 Å². The predicted molar refractivity (Wildman–Crippen MR) is 64.4 cm³/mol. The number of hydrogen-bond acceptors (Lipinski definition) is 3. The Kier molecular flexibility index (Phi) is 3.01. The fourth-order valence-electron chi connectivity index (χ4n) is 1.76. The fraction of sp³-hybridized carbons (Fsp3) is 0.333. The van der Waals surface area contributed by atoms with Gasteiger partial charge in [0, 0.05) is 6.54 Å². The highest BCUT2D eigenvalue weighted by molar-refractivity contribution is 5.80. The lowest BCUT2D eigenvalue weighted by molar-refractivity contribution is 0.624. The van der Waals surface area contributed by atoms with Gasteiger partial charge in [0.05, 0.1) is 17.2 Å². The maximum atomic E-state index is 12.1. The molecule has 4 heteroatoms. The van der Waals surface area contributed by atoms with E-state index in [2.05, 4.69) is 4.98 Å². The third-order valence-corrected chi connectivity index (χ3v) is 2.66. The second-order valence-corrected chi connectivity index (χ2v) is 3.86. The largest absolute Gasteiger partial charge is 0.330 e. The van der Waals surface area contributed by atoms with Crippen LogP contribution in [0.2, 0.25) is 0 Å². The number of aromatic nitrogens is 2. The van der Waals surface area contributed by atoms with E-state index < -0.39 is 0 Å². The monoisotopic (exact) mass is 217 g/mol. The zero-order valence-corrected chi connectivity index (χ0v) is 9.31. The fourth-order valence-corrected chi connectivity index (χ4v) is 1.76. The summed E-state index contributed by atoms with van der Waals surface area (Å²) in [5, 5.41) is 0.680. The van der Waals surface area contributed by atoms with Gasteiger partial charge in [0.15, 0.2) is 0 Å². The van der Waals surface area contributed by atoms with Gasteiger partial charge >= 0.3 is 0 Å². The van der Waals surface area contributed by atoms with Crippen LogP contribution in [0.5, 0.6) is 0 Å². The zero-order chi connectivity index (χ0) is 11.5. The highest BCUT2D eigenvalue weighted by atomic mass is 16.1. The Labute approximate surface area is 93.7 Å². The van der Waals surface area contributed by atoms with Crippen molar-refractivity contribution in [3.05, 3.63) is 40.4 Å². The average Bonchev–Trinajstić information content (AvgIpc) is 2.29. The molecule has 0 aliphatic heterocycles. The number of nitrogens with two attached hydrogens (primary N) is 1. The minimum atomic E-state index is 0.0159. The molecule has 0 fully saturated rings. The summed E-state index contributed by atoms with van der Waals surface area (Å²) < 4.78 is 1.62. The second-order valence-electron chi connectivity index (χ2n) is 3.86. The number of nitrogens with zero attached hydrogens (tertiary/aromatic N) is 2. The van der Waals surface area contributed by atoms with Gasteiger partial charge in [-0.25, -0.2) is 4.98 Å². The van der Waals surface area contributed by atoms with Gasteiger partial charge in [0.1, 0.15) is 0 Å². The summed E-state index contributed by atoms with van der Waals surface area (Å²) >= 11 is 0. The van der Waals surface area contributed by atoms with Crippen LogP contribution in [-0.2, 0) is 6.54 Å². The summed E-state index contributed by atoms with van der Waals surface area (Å²) in [6.45, 7) is 3.17. The molecule has 4 nitrogen and oxygen atoms in total. The van der Waals surface area contributed by atoms with Gasteiger partial charge in [-0.05, 0) is 31.5 Å². The Hall–Kier alpha value is -1.68. The van der Waals surface area contributed by atoms with Crippen molar-refractivity contribution in [1.29, 1.82) is 0 Å². The standard InChI is InChI=1S/C12H15N3O/c1-9-4-2-5-10-11(9)14-8-15(12(10)16)7-3-6-13/h2,4-5,8H,3,6-7,13H2,1H3. The number of hydrogen-bond donors (Lipinski definition) is 1. The first kappa shape index (κ1) is 10.8. The van der Waals surface area contributed by atoms with Crippen molar-refractivity contribution in [3.8, 4) is 0 Å². The number of rotatable bonds is 3. The van der Waals surface area contributed by atoms with E-state index in [1.54, 1.807) is 10.9 Å². The maximum Gasteiger partial charge on any atom is 0.261 e. The Morgan fingerprint density at radius 3 is 3.00 bits per heavy atom. The van der Waals surface area contributed by atoms with E-state index >= 15 is 0 Å². The summed E-state index contributed by atoms with van der Waals surface area (Å²) in [5.74, 6) is 0. The summed E-state index contributed by atoms with van der Waals surface area (Å²) in [7, 11) is 0. The summed E-state index contributed by atoms with van der Waals surface area (Å²) in [6.07, 6.45) is 2.40. The molecule has 16 heavy (non-hydrogen) atoms. The van der Waals surface area contributed by atoms with E-state index in [0.29, 0.717) is 18.5 Å². The summed E-state index contributed by atoms with van der Waals surface area (Å²) in [5.41, 5.74) is 7.26. The minimum absolute atomic E-state index is 0.0159. The van der Waals surface area contributed by atoms with E-state index in [4.69, 9.17) is 5.73 Å². The van der Waals surface area contributed by atoms with Crippen LogP contribution in [0, 0.1) is 6.92 Å². The quantitative estimate of drug-likeness (QED) is 0.836. The third-order valence-electron chi connectivity index (χ3n) is 2.66. The highest BCUT2D eigenvalue weighted by Crippen LogP contribution is 2.11. The number of aryl methyl sites for hydroxylation is 2. The SMILES string of the molecule is Cc1cccc2c(=O)n(CCCN)cnc12. The summed E-state index contributed by atoms with van der Waals surface area (Å²) in [4.78, 5) is 16.4. The van der Waals surface area contributed by atoms with E-state index in [9.17, 15) is 4.79 Å². The highest BCUT2D eigenvalue weighted by Gasteiger charge is 2.04. The van der Waals surface area contributed by atoms with Crippen molar-refractivity contribution in [2.75, 3.05) is 6.54 Å². The molecular formula is C12H15N3O. The number of para-hydroxylation sites is 1.